The monoisotopic (exact) mass is 447 g/mol. The van der Waals surface area contributed by atoms with Crippen LogP contribution in [0, 0.1) is 0 Å². The summed E-state index contributed by atoms with van der Waals surface area (Å²) in [6, 6.07) is 23.5. The van der Waals surface area contributed by atoms with E-state index >= 15 is 0 Å². The molecule has 0 fully saturated rings. The number of halogens is 1. The van der Waals surface area contributed by atoms with E-state index in [0.29, 0.717) is 16.8 Å². The van der Waals surface area contributed by atoms with Crippen molar-refractivity contribution >= 4 is 45.7 Å². The fraction of sp³-hybridized carbons (Fsp3) is 0. The number of rotatable bonds is 6. The van der Waals surface area contributed by atoms with Gasteiger partial charge in [0.1, 0.15) is 0 Å². The summed E-state index contributed by atoms with van der Waals surface area (Å²) in [6.45, 7) is 0. The molecule has 0 atom stereocenters. The predicted octanol–water partition coefficient (Wildman–Crippen LogP) is 5.13. The van der Waals surface area contributed by atoms with E-state index < -0.39 is 5.91 Å². The minimum absolute atomic E-state index is 0.299. The number of hydrogen-bond donors (Lipinski definition) is 2. The molecule has 0 bridgehead atoms. The molecule has 0 aliphatic rings. The van der Waals surface area contributed by atoms with Gasteiger partial charge in [0.2, 0.25) is 0 Å². The highest BCUT2D eigenvalue weighted by molar-refractivity contribution is 9.10. The summed E-state index contributed by atoms with van der Waals surface area (Å²) >= 11 is 3.34. The SMILES string of the molecule is O=C(Nc1ccccc1C(=O)N/N=C/C=C/c1ccccc1)c1ccc(Br)cc1. The van der Waals surface area contributed by atoms with E-state index in [1.165, 1.54) is 6.21 Å². The largest absolute Gasteiger partial charge is 0.321 e. The number of amides is 2. The normalized spacial score (nSPS) is 10.9. The molecule has 0 aliphatic carbocycles. The van der Waals surface area contributed by atoms with Crippen LogP contribution < -0.4 is 10.7 Å². The number of allylic oxidation sites excluding steroid dienone is 1. The van der Waals surface area contributed by atoms with Gasteiger partial charge >= 0.3 is 0 Å². The summed E-state index contributed by atoms with van der Waals surface area (Å²) in [5, 5.41) is 6.69. The Morgan fingerprint density at radius 3 is 2.28 bits per heavy atom. The average Bonchev–Trinajstić information content (AvgIpc) is 2.75. The fourth-order valence-electron chi connectivity index (χ4n) is 2.50. The third kappa shape index (κ3) is 5.99. The number of hydrogen-bond acceptors (Lipinski definition) is 3. The molecule has 5 nitrogen and oxygen atoms in total. The number of hydrazone groups is 1. The Morgan fingerprint density at radius 2 is 1.52 bits per heavy atom. The molecule has 0 radical (unpaired) electrons. The van der Waals surface area contributed by atoms with Crippen LogP contribution in [0.25, 0.3) is 6.08 Å². The van der Waals surface area contributed by atoms with Gasteiger partial charge in [0, 0.05) is 16.3 Å². The lowest BCUT2D eigenvalue weighted by Gasteiger charge is -2.10. The molecule has 2 N–H and O–H groups in total. The van der Waals surface area contributed by atoms with Crippen LogP contribution in [0.15, 0.2) is 94.5 Å². The molecule has 3 rings (SSSR count). The maximum Gasteiger partial charge on any atom is 0.273 e. The fourth-order valence-corrected chi connectivity index (χ4v) is 2.77. The summed E-state index contributed by atoms with van der Waals surface area (Å²) in [5.74, 6) is -0.715. The first-order chi connectivity index (χ1) is 14.1. The zero-order valence-corrected chi connectivity index (χ0v) is 17.0. The summed E-state index contributed by atoms with van der Waals surface area (Å²) in [5.41, 5.74) is 4.73. The Bertz CT molecular complexity index is 1050. The first kappa shape index (κ1) is 20.2. The van der Waals surface area contributed by atoms with Gasteiger partial charge in [0.15, 0.2) is 0 Å². The van der Waals surface area contributed by atoms with Gasteiger partial charge in [-0.1, -0.05) is 64.5 Å². The van der Waals surface area contributed by atoms with Crippen LogP contribution in [0.3, 0.4) is 0 Å². The molecule has 0 aromatic heterocycles. The van der Waals surface area contributed by atoms with Gasteiger partial charge in [0.05, 0.1) is 11.3 Å². The summed E-state index contributed by atoms with van der Waals surface area (Å²) < 4.78 is 0.882. The summed E-state index contributed by atoms with van der Waals surface area (Å²) in [4.78, 5) is 24.9. The Kier molecular flexibility index (Phi) is 7.08. The number of carbonyl (C=O) groups is 2. The Balaban J connectivity index is 1.64. The lowest BCUT2D eigenvalue weighted by Crippen LogP contribution is -2.21. The lowest BCUT2D eigenvalue weighted by atomic mass is 10.1. The summed E-state index contributed by atoms with van der Waals surface area (Å²) in [6.07, 6.45) is 5.10. The second-order valence-corrected chi connectivity index (χ2v) is 6.91. The van der Waals surface area contributed by atoms with Gasteiger partial charge in [-0.25, -0.2) is 5.43 Å². The van der Waals surface area contributed by atoms with E-state index in [1.54, 1.807) is 54.6 Å². The van der Waals surface area contributed by atoms with E-state index in [1.807, 2.05) is 36.4 Å². The van der Waals surface area contributed by atoms with Gasteiger partial charge in [-0.2, -0.15) is 5.10 Å². The van der Waals surface area contributed by atoms with Gasteiger partial charge in [-0.15, -0.1) is 0 Å². The Morgan fingerprint density at radius 1 is 0.828 bits per heavy atom. The van der Waals surface area contributed by atoms with Crippen LogP contribution >= 0.6 is 15.9 Å². The quantitative estimate of drug-likeness (QED) is 0.406. The van der Waals surface area contributed by atoms with Crippen molar-refractivity contribution in [2.75, 3.05) is 5.32 Å². The van der Waals surface area contributed by atoms with Crippen LogP contribution in [0.5, 0.6) is 0 Å². The van der Waals surface area contributed by atoms with Gasteiger partial charge in [-0.3, -0.25) is 9.59 Å². The molecule has 0 heterocycles. The molecule has 2 amide bonds. The molecule has 0 unspecified atom stereocenters. The third-order valence-corrected chi connectivity index (χ3v) is 4.47. The lowest BCUT2D eigenvalue weighted by molar-refractivity contribution is 0.0956. The number of carbonyl (C=O) groups excluding carboxylic acids is 2. The van der Waals surface area contributed by atoms with Crippen molar-refractivity contribution < 1.29 is 9.59 Å². The van der Waals surface area contributed by atoms with Crippen LogP contribution in [-0.2, 0) is 0 Å². The van der Waals surface area contributed by atoms with E-state index in [9.17, 15) is 9.59 Å². The molecule has 29 heavy (non-hydrogen) atoms. The number of para-hydroxylation sites is 1. The van der Waals surface area contributed by atoms with Crippen molar-refractivity contribution in [2.24, 2.45) is 5.10 Å². The number of anilines is 1. The molecule has 0 spiro atoms. The van der Waals surface area contributed by atoms with Gasteiger partial charge < -0.3 is 5.32 Å². The minimum atomic E-state index is -0.416. The molecule has 0 saturated carbocycles. The number of nitrogens with one attached hydrogen (secondary N) is 2. The molecule has 0 saturated heterocycles. The smallest absolute Gasteiger partial charge is 0.273 e. The van der Waals surface area contributed by atoms with Gasteiger partial charge in [-0.05, 0) is 48.0 Å². The minimum Gasteiger partial charge on any atom is -0.321 e. The third-order valence-electron chi connectivity index (χ3n) is 3.94. The average molecular weight is 448 g/mol. The molecule has 3 aromatic carbocycles. The molecular weight excluding hydrogens is 430 g/mol. The zero-order valence-electron chi connectivity index (χ0n) is 15.4. The molecule has 144 valence electrons. The van der Waals surface area contributed by atoms with Crippen molar-refractivity contribution in [3.63, 3.8) is 0 Å². The highest BCUT2D eigenvalue weighted by atomic mass is 79.9. The maximum atomic E-state index is 12.5. The first-order valence-electron chi connectivity index (χ1n) is 8.84. The van der Waals surface area contributed by atoms with E-state index in [-0.39, 0.29) is 5.91 Å². The van der Waals surface area contributed by atoms with Crippen LogP contribution in [0.2, 0.25) is 0 Å². The van der Waals surface area contributed by atoms with Crippen LogP contribution in [0.1, 0.15) is 26.3 Å². The number of benzene rings is 3. The molecule has 0 aliphatic heterocycles. The first-order valence-corrected chi connectivity index (χ1v) is 9.64. The highest BCUT2D eigenvalue weighted by Crippen LogP contribution is 2.17. The van der Waals surface area contributed by atoms with Crippen molar-refractivity contribution in [1.82, 2.24) is 5.43 Å². The second-order valence-electron chi connectivity index (χ2n) is 6.00. The second kappa shape index (κ2) is 10.1. The predicted molar refractivity (Wildman–Crippen MR) is 120 cm³/mol. The molecule has 6 heteroatoms. The van der Waals surface area contributed by atoms with E-state index in [0.717, 1.165) is 10.0 Å². The Labute approximate surface area is 177 Å². The maximum absolute atomic E-state index is 12.5. The van der Waals surface area contributed by atoms with Gasteiger partial charge in [0.25, 0.3) is 11.8 Å². The van der Waals surface area contributed by atoms with Crippen molar-refractivity contribution in [2.45, 2.75) is 0 Å². The van der Waals surface area contributed by atoms with Crippen molar-refractivity contribution in [1.29, 1.82) is 0 Å². The van der Waals surface area contributed by atoms with Crippen molar-refractivity contribution in [3.05, 3.63) is 106 Å². The van der Waals surface area contributed by atoms with Crippen molar-refractivity contribution in [3.8, 4) is 0 Å². The standard InChI is InChI=1S/C23H18BrN3O2/c24-19-14-12-18(13-15-19)22(28)26-21-11-5-4-10-20(21)23(29)27-25-16-6-9-17-7-2-1-3-8-17/h1-16H,(H,26,28)(H,27,29)/b9-6+,25-16+. The molecule has 3 aromatic rings. The molecular formula is C23H18BrN3O2. The van der Waals surface area contributed by atoms with E-state index in [4.69, 9.17) is 0 Å². The topological polar surface area (TPSA) is 70.6 Å². The zero-order chi connectivity index (χ0) is 20.5. The highest BCUT2D eigenvalue weighted by Gasteiger charge is 2.13. The van der Waals surface area contributed by atoms with E-state index in [2.05, 4.69) is 31.8 Å². The summed E-state index contributed by atoms with van der Waals surface area (Å²) in [7, 11) is 0. The van der Waals surface area contributed by atoms with Crippen LogP contribution in [-0.4, -0.2) is 18.0 Å². The Hall–Kier alpha value is -3.51. The van der Waals surface area contributed by atoms with Crippen LogP contribution in [0.4, 0.5) is 5.69 Å². The number of nitrogens with zero attached hydrogens (tertiary/aromatic N) is 1.